The van der Waals surface area contributed by atoms with E-state index in [1.54, 1.807) is 0 Å². The molecular formula is C6H2ClF3N4. The van der Waals surface area contributed by atoms with Gasteiger partial charge in [-0.2, -0.15) is 13.2 Å². The number of halogens is 4. The second kappa shape index (κ2) is 2.81. The van der Waals surface area contributed by atoms with Gasteiger partial charge in [-0.15, -0.1) is 0 Å². The summed E-state index contributed by atoms with van der Waals surface area (Å²) in [7, 11) is 0. The molecule has 0 bridgehead atoms. The molecule has 0 spiro atoms. The van der Waals surface area contributed by atoms with E-state index in [4.69, 9.17) is 11.8 Å². The number of hydrogen-bond donors (Lipinski definition) is 0. The summed E-state index contributed by atoms with van der Waals surface area (Å²) in [5.41, 5.74) is 0.155. The van der Waals surface area contributed by atoms with Gasteiger partial charge in [0, 0.05) is 11.8 Å². The summed E-state index contributed by atoms with van der Waals surface area (Å²) in [6, 6.07) is 0. The quantitative estimate of drug-likeness (QED) is 0.683. The molecule has 0 aliphatic carbocycles. The van der Waals surface area contributed by atoms with E-state index >= 15 is 0 Å². The fraction of sp³-hybridized carbons (Fsp3) is 0.167. The summed E-state index contributed by atoms with van der Waals surface area (Å²) < 4.78 is 37.3. The topological polar surface area (TPSA) is 43.6 Å². The Morgan fingerprint density at radius 1 is 1.29 bits per heavy atom. The molecule has 8 heteroatoms. The molecule has 4 nitrogen and oxygen atoms in total. The normalized spacial score (nSPS) is 12.3. The second-order valence-electron chi connectivity index (χ2n) is 2.46. The number of hydrogen-bond acceptors (Lipinski definition) is 3. The molecule has 0 saturated carbocycles. The molecular weight excluding hydrogens is 221 g/mol. The van der Waals surface area contributed by atoms with Crippen molar-refractivity contribution in [2.24, 2.45) is 0 Å². The largest absolute Gasteiger partial charge is 0.451 e. The molecule has 14 heavy (non-hydrogen) atoms. The van der Waals surface area contributed by atoms with Crippen molar-refractivity contribution < 1.29 is 13.2 Å². The highest BCUT2D eigenvalue weighted by molar-refractivity contribution is 6.18. The van der Waals surface area contributed by atoms with Crippen molar-refractivity contribution in [1.82, 2.24) is 19.0 Å². The summed E-state index contributed by atoms with van der Waals surface area (Å²) in [6.45, 7) is 0. The van der Waals surface area contributed by atoms with E-state index in [9.17, 15) is 13.2 Å². The van der Waals surface area contributed by atoms with Crippen molar-refractivity contribution in [3.63, 3.8) is 0 Å². The lowest BCUT2D eigenvalue weighted by atomic mass is 10.5. The van der Waals surface area contributed by atoms with Crippen LogP contribution in [0.5, 0.6) is 0 Å². The first kappa shape index (κ1) is 9.20. The minimum absolute atomic E-state index is 0.0611. The van der Waals surface area contributed by atoms with Crippen LogP contribution in [0.1, 0.15) is 5.82 Å². The van der Waals surface area contributed by atoms with Crippen molar-refractivity contribution in [2.75, 3.05) is 0 Å². The van der Waals surface area contributed by atoms with Gasteiger partial charge in [-0.3, -0.25) is 0 Å². The van der Waals surface area contributed by atoms with Gasteiger partial charge in [0.15, 0.2) is 5.65 Å². The monoisotopic (exact) mass is 222 g/mol. The van der Waals surface area contributed by atoms with Crippen molar-refractivity contribution in [2.45, 2.75) is 6.18 Å². The Morgan fingerprint density at radius 2 is 2.00 bits per heavy atom. The van der Waals surface area contributed by atoms with Gasteiger partial charge in [0.2, 0.25) is 5.82 Å². The second-order valence-corrected chi connectivity index (χ2v) is 2.82. The number of aromatic nitrogens is 4. The van der Waals surface area contributed by atoms with Crippen LogP contribution in [0.2, 0.25) is 0 Å². The van der Waals surface area contributed by atoms with E-state index in [1.165, 1.54) is 0 Å². The van der Waals surface area contributed by atoms with Gasteiger partial charge < -0.3 is 0 Å². The number of nitrogens with zero attached hydrogens (tertiary/aromatic N) is 4. The lowest BCUT2D eigenvalue weighted by Crippen LogP contribution is -2.10. The maximum absolute atomic E-state index is 12.2. The van der Waals surface area contributed by atoms with Gasteiger partial charge in [-0.05, 0) is 0 Å². The standard InChI is InChI=1S/C6H2ClF3N4/c7-14-2-12-3-1-11-5(6(8,9)10)13-4(3)14/h1-2H. The van der Waals surface area contributed by atoms with Gasteiger partial charge in [0.05, 0.1) is 6.20 Å². The van der Waals surface area contributed by atoms with Gasteiger partial charge in [0.25, 0.3) is 0 Å². The smallest absolute Gasteiger partial charge is 0.232 e. The molecule has 0 N–H and O–H groups in total. The maximum Gasteiger partial charge on any atom is 0.451 e. The molecule has 0 fully saturated rings. The molecule has 74 valence electrons. The summed E-state index contributed by atoms with van der Waals surface area (Å²) in [5.74, 6) is -1.23. The Hall–Kier alpha value is -1.37. The van der Waals surface area contributed by atoms with Crippen molar-refractivity contribution in [3.05, 3.63) is 18.3 Å². The summed E-state index contributed by atoms with van der Waals surface area (Å²) in [4.78, 5) is 10.0. The van der Waals surface area contributed by atoms with Crippen molar-refractivity contribution >= 4 is 22.9 Å². The van der Waals surface area contributed by atoms with E-state index in [0.717, 1.165) is 16.6 Å². The molecule has 0 unspecified atom stereocenters. The predicted molar refractivity (Wildman–Crippen MR) is 41.6 cm³/mol. The lowest BCUT2D eigenvalue weighted by Gasteiger charge is -2.02. The minimum atomic E-state index is -4.57. The van der Waals surface area contributed by atoms with Crippen LogP contribution in [0.15, 0.2) is 12.5 Å². The molecule has 0 aromatic carbocycles. The van der Waals surface area contributed by atoms with Crippen LogP contribution < -0.4 is 0 Å². The number of imidazole rings is 1. The average molecular weight is 223 g/mol. The van der Waals surface area contributed by atoms with Gasteiger partial charge in [-0.25, -0.2) is 19.0 Å². The molecule has 0 aliphatic rings. The zero-order chi connectivity index (χ0) is 10.3. The third kappa shape index (κ3) is 1.39. The highest BCUT2D eigenvalue weighted by atomic mass is 35.5. The van der Waals surface area contributed by atoms with Gasteiger partial charge in [0.1, 0.15) is 11.8 Å². The molecule has 0 amide bonds. The summed E-state index contributed by atoms with van der Waals surface area (Å²) >= 11 is 5.49. The van der Waals surface area contributed by atoms with E-state index in [2.05, 4.69) is 15.0 Å². The van der Waals surface area contributed by atoms with Crippen molar-refractivity contribution in [1.29, 1.82) is 0 Å². The Morgan fingerprint density at radius 3 is 2.64 bits per heavy atom. The molecule has 2 heterocycles. The van der Waals surface area contributed by atoms with E-state index in [1.807, 2.05) is 0 Å². The molecule has 2 aromatic heterocycles. The van der Waals surface area contributed by atoms with Crippen LogP contribution in [0.3, 0.4) is 0 Å². The lowest BCUT2D eigenvalue weighted by molar-refractivity contribution is -0.144. The first-order chi connectivity index (χ1) is 6.48. The summed E-state index contributed by atoms with van der Waals surface area (Å²) in [5, 5.41) is 0. The molecule has 2 rings (SSSR count). The fourth-order valence-electron chi connectivity index (χ4n) is 0.919. The zero-order valence-electron chi connectivity index (χ0n) is 6.46. The minimum Gasteiger partial charge on any atom is -0.232 e. The highest BCUT2D eigenvalue weighted by Gasteiger charge is 2.35. The van der Waals surface area contributed by atoms with Crippen LogP contribution in [0.25, 0.3) is 11.2 Å². The van der Waals surface area contributed by atoms with Crippen LogP contribution in [-0.2, 0) is 6.18 Å². The average Bonchev–Trinajstić information content (AvgIpc) is 2.46. The van der Waals surface area contributed by atoms with Crippen LogP contribution >= 0.6 is 11.8 Å². The Bertz CT molecular complexity index is 477. The zero-order valence-corrected chi connectivity index (χ0v) is 7.21. The first-order valence-electron chi connectivity index (χ1n) is 3.42. The first-order valence-corrected chi connectivity index (χ1v) is 3.76. The molecule has 0 saturated heterocycles. The number of fused-ring (bicyclic) bond motifs is 1. The molecule has 0 aliphatic heterocycles. The Kier molecular flexibility index (Phi) is 1.84. The Labute approximate surface area is 80.5 Å². The van der Waals surface area contributed by atoms with Crippen LogP contribution in [0.4, 0.5) is 13.2 Å². The van der Waals surface area contributed by atoms with Gasteiger partial charge in [-0.1, -0.05) is 0 Å². The SMILES string of the molecule is FC(F)(F)c1ncc2ncn(Cl)c2n1. The Balaban J connectivity index is 2.66. The fourth-order valence-corrected chi connectivity index (χ4v) is 1.09. The molecule has 2 aromatic rings. The van der Waals surface area contributed by atoms with Crippen LogP contribution in [-0.4, -0.2) is 19.0 Å². The third-order valence-corrected chi connectivity index (χ3v) is 1.75. The third-order valence-electron chi connectivity index (χ3n) is 1.50. The molecule has 0 radical (unpaired) electrons. The van der Waals surface area contributed by atoms with E-state index < -0.39 is 12.0 Å². The summed E-state index contributed by atoms with van der Waals surface area (Å²) in [6.07, 6.45) is -2.44. The number of alkyl halides is 3. The van der Waals surface area contributed by atoms with Crippen LogP contribution in [0, 0.1) is 0 Å². The maximum atomic E-state index is 12.2. The number of rotatable bonds is 0. The van der Waals surface area contributed by atoms with E-state index in [-0.39, 0.29) is 11.2 Å². The predicted octanol–water partition coefficient (Wildman–Crippen LogP) is 1.85. The highest BCUT2D eigenvalue weighted by Crippen LogP contribution is 2.26. The van der Waals surface area contributed by atoms with Crippen molar-refractivity contribution in [3.8, 4) is 0 Å². The van der Waals surface area contributed by atoms with E-state index in [0.29, 0.717) is 0 Å². The van der Waals surface area contributed by atoms with Gasteiger partial charge >= 0.3 is 6.18 Å². The molecule has 0 atom stereocenters.